The summed E-state index contributed by atoms with van der Waals surface area (Å²) >= 11 is 0. The summed E-state index contributed by atoms with van der Waals surface area (Å²) < 4.78 is 1.84. The van der Waals surface area contributed by atoms with E-state index in [9.17, 15) is 4.79 Å². The van der Waals surface area contributed by atoms with E-state index in [-0.39, 0.29) is 11.9 Å². The molecule has 138 valence electrons. The second kappa shape index (κ2) is 6.85. The minimum Gasteiger partial charge on any atom is -0.348 e. The lowest BCUT2D eigenvalue weighted by Crippen LogP contribution is -2.63. The van der Waals surface area contributed by atoms with Gasteiger partial charge in [-0.1, -0.05) is 24.3 Å². The van der Waals surface area contributed by atoms with E-state index >= 15 is 0 Å². The number of para-hydroxylation sites is 1. The van der Waals surface area contributed by atoms with Gasteiger partial charge in [-0.3, -0.25) is 14.4 Å². The van der Waals surface area contributed by atoms with Crippen LogP contribution < -0.4 is 5.32 Å². The van der Waals surface area contributed by atoms with Gasteiger partial charge in [-0.25, -0.2) is 0 Å². The van der Waals surface area contributed by atoms with Crippen LogP contribution in [0.5, 0.6) is 0 Å². The molecule has 1 amide bonds. The first-order valence-corrected chi connectivity index (χ1v) is 9.34. The van der Waals surface area contributed by atoms with Crippen molar-refractivity contribution < 1.29 is 4.79 Å². The Hall–Kier alpha value is -2.18. The highest BCUT2D eigenvalue weighted by molar-refractivity contribution is 6.05. The van der Waals surface area contributed by atoms with Gasteiger partial charge in [0.05, 0.1) is 12.1 Å². The van der Waals surface area contributed by atoms with Gasteiger partial charge in [-0.15, -0.1) is 6.58 Å². The van der Waals surface area contributed by atoms with Crippen molar-refractivity contribution >= 4 is 16.8 Å². The maximum absolute atomic E-state index is 13.0. The van der Waals surface area contributed by atoms with Crippen LogP contribution in [0.15, 0.2) is 36.9 Å². The van der Waals surface area contributed by atoms with Gasteiger partial charge in [0.2, 0.25) is 0 Å². The van der Waals surface area contributed by atoms with Crippen LogP contribution in [0, 0.1) is 0 Å². The number of benzene rings is 1. The summed E-state index contributed by atoms with van der Waals surface area (Å²) in [4.78, 5) is 17.9. The third-order valence-electron chi connectivity index (χ3n) is 5.82. The van der Waals surface area contributed by atoms with Crippen LogP contribution in [-0.2, 0) is 6.54 Å². The maximum atomic E-state index is 13.0. The highest BCUT2D eigenvalue weighted by Gasteiger charge is 2.38. The third kappa shape index (κ3) is 3.04. The number of hydrogen-bond acceptors (Lipinski definition) is 4. The standard InChI is InChI=1S/C20H27N5O/c1-4-9-25-18-8-6-5-7-17(18)19(22-25)20(26)21-14-10-15-12-23(2)13-16(11-14)24(15)3/h4-8,14-16H,1,9-13H2,2-3H3,(H,21,26). The van der Waals surface area contributed by atoms with E-state index in [1.807, 2.05) is 28.9 Å². The molecule has 2 bridgehead atoms. The van der Waals surface area contributed by atoms with Crippen molar-refractivity contribution in [2.75, 3.05) is 27.2 Å². The Morgan fingerprint density at radius 1 is 1.27 bits per heavy atom. The molecule has 6 nitrogen and oxygen atoms in total. The quantitative estimate of drug-likeness (QED) is 0.851. The molecule has 4 rings (SSSR count). The summed E-state index contributed by atoms with van der Waals surface area (Å²) in [6.45, 7) is 6.51. The molecule has 2 aromatic rings. The molecule has 2 aliphatic rings. The number of amides is 1. The van der Waals surface area contributed by atoms with Crippen LogP contribution in [0.4, 0.5) is 0 Å². The van der Waals surface area contributed by atoms with Crippen molar-refractivity contribution in [3.05, 3.63) is 42.6 Å². The maximum Gasteiger partial charge on any atom is 0.272 e. The van der Waals surface area contributed by atoms with E-state index in [0.29, 0.717) is 24.3 Å². The number of piperazine rings is 1. The molecule has 0 aliphatic carbocycles. The summed E-state index contributed by atoms with van der Waals surface area (Å²) in [5, 5.41) is 8.72. The van der Waals surface area contributed by atoms with Gasteiger partial charge in [0.25, 0.3) is 5.91 Å². The van der Waals surface area contributed by atoms with E-state index in [0.717, 1.165) is 36.8 Å². The molecule has 0 spiro atoms. The number of rotatable bonds is 4. The molecular weight excluding hydrogens is 326 g/mol. The minimum absolute atomic E-state index is 0.0648. The van der Waals surface area contributed by atoms with Crippen LogP contribution in [0.3, 0.4) is 0 Å². The molecule has 1 aromatic carbocycles. The first-order chi connectivity index (χ1) is 12.6. The van der Waals surface area contributed by atoms with Gasteiger partial charge >= 0.3 is 0 Å². The molecule has 0 saturated carbocycles. The smallest absolute Gasteiger partial charge is 0.272 e. The summed E-state index contributed by atoms with van der Waals surface area (Å²) in [7, 11) is 4.40. The van der Waals surface area contributed by atoms with Crippen molar-refractivity contribution in [2.45, 2.75) is 37.5 Å². The third-order valence-corrected chi connectivity index (χ3v) is 5.82. The summed E-state index contributed by atoms with van der Waals surface area (Å²) in [6.07, 6.45) is 3.79. The van der Waals surface area contributed by atoms with E-state index in [1.54, 1.807) is 6.08 Å². The number of nitrogens with zero attached hydrogens (tertiary/aromatic N) is 4. The number of hydrogen-bond donors (Lipinski definition) is 1. The number of nitrogens with one attached hydrogen (secondary N) is 1. The summed E-state index contributed by atoms with van der Waals surface area (Å²) in [6, 6.07) is 9.12. The molecule has 2 fully saturated rings. The number of aromatic nitrogens is 2. The lowest BCUT2D eigenvalue weighted by atomic mass is 9.88. The Morgan fingerprint density at radius 2 is 1.96 bits per heavy atom. The van der Waals surface area contributed by atoms with Gasteiger partial charge in [-0.05, 0) is 33.0 Å². The van der Waals surface area contributed by atoms with Crippen molar-refractivity contribution in [1.82, 2.24) is 24.9 Å². The monoisotopic (exact) mass is 353 g/mol. The molecule has 1 aromatic heterocycles. The lowest BCUT2D eigenvalue weighted by molar-refractivity contribution is 0.00837. The first kappa shape index (κ1) is 17.2. The molecule has 2 unspecified atom stereocenters. The first-order valence-electron chi connectivity index (χ1n) is 9.34. The van der Waals surface area contributed by atoms with Crippen LogP contribution >= 0.6 is 0 Å². The minimum atomic E-state index is -0.0648. The molecule has 2 saturated heterocycles. The van der Waals surface area contributed by atoms with E-state index < -0.39 is 0 Å². The fraction of sp³-hybridized carbons (Fsp3) is 0.500. The largest absolute Gasteiger partial charge is 0.348 e. The molecule has 1 N–H and O–H groups in total. The van der Waals surface area contributed by atoms with Gasteiger partial charge in [-0.2, -0.15) is 5.10 Å². The number of fused-ring (bicyclic) bond motifs is 3. The number of carbonyl (C=O) groups excluding carboxylic acids is 1. The SMILES string of the molecule is C=CCn1nc(C(=O)NC2CC3CN(C)CC(C2)N3C)c2ccccc21. The highest BCUT2D eigenvalue weighted by atomic mass is 16.2. The molecule has 26 heavy (non-hydrogen) atoms. The highest BCUT2D eigenvalue weighted by Crippen LogP contribution is 2.27. The fourth-order valence-corrected chi connectivity index (χ4v) is 4.51. The Morgan fingerprint density at radius 3 is 2.65 bits per heavy atom. The van der Waals surface area contributed by atoms with Gasteiger partial charge in [0.1, 0.15) is 0 Å². The Bertz CT molecular complexity index is 813. The predicted octanol–water partition coefficient (Wildman–Crippen LogP) is 1.73. The molecule has 0 radical (unpaired) electrons. The molecular formula is C20H27N5O. The van der Waals surface area contributed by atoms with Gasteiger partial charge in [0.15, 0.2) is 5.69 Å². The summed E-state index contributed by atoms with van der Waals surface area (Å²) in [5.41, 5.74) is 1.49. The fourth-order valence-electron chi connectivity index (χ4n) is 4.51. The van der Waals surface area contributed by atoms with E-state index in [1.165, 1.54) is 0 Å². The number of allylic oxidation sites excluding steroid dienone is 1. The molecule has 2 aliphatic heterocycles. The number of likely N-dealkylation sites (N-methyl/N-ethyl adjacent to an activating group) is 2. The molecule has 2 atom stereocenters. The number of carbonyl (C=O) groups is 1. The second-order valence-corrected chi connectivity index (χ2v) is 7.67. The molecule has 6 heteroatoms. The number of likely N-dealkylation sites (tertiary alicyclic amines) is 1. The van der Waals surface area contributed by atoms with Crippen LogP contribution in [0.1, 0.15) is 23.3 Å². The van der Waals surface area contributed by atoms with Crippen LogP contribution in [-0.4, -0.2) is 70.8 Å². The van der Waals surface area contributed by atoms with Crippen LogP contribution in [0.25, 0.3) is 10.9 Å². The second-order valence-electron chi connectivity index (χ2n) is 7.67. The van der Waals surface area contributed by atoms with Crippen molar-refractivity contribution in [3.8, 4) is 0 Å². The van der Waals surface area contributed by atoms with Crippen molar-refractivity contribution in [1.29, 1.82) is 0 Å². The zero-order chi connectivity index (χ0) is 18.3. The van der Waals surface area contributed by atoms with Gasteiger partial charge in [0, 0.05) is 36.6 Å². The Kier molecular flexibility index (Phi) is 4.54. The lowest BCUT2D eigenvalue weighted by Gasteiger charge is -2.50. The topological polar surface area (TPSA) is 53.4 Å². The normalized spacial score (nSPS) is 26.8. The predicted molar refractivity (Wildman–Crippen MR) is 103 cm³/mol. The van der Waals surface area contributed by atoms with Crippen molar-refractivity contribution in [2.24, 2.45) is 0 Å². The van der Waals surface area contributed by atoms with E-state index in [2.05, 4.69) is 40.9 Å². The Balaban J connectivity index is 1.54. The molecule has 3 heterocycles. The Labute approximate surface area is 154 Å². The summed E-state index contributed by atoms with van der Waals surface area (Å²) in [5.74, 6) is -0.0648. The zero-order valence-corrected chi connectivity index (χ0v) is 15.6. The van der Waals surface area contributed by atoms with E-state index in [4.69, 9.17) is 0 Å². The van der Waals surface area contributed by atoms with Crippen molar-refractivity contribution in [3.63, 3.8) is 0 Å². The van der Waals surface area contributed by atoms with Crippen LogP contribution in [0.2, 0.25) is 0 Å². The average Bonchev–Trinajstić information content (AvgIpc) is 2.96. The van der Waals surface area contributed by atoms with Gasteiger partial charge < -0.3 is 10.2 Å². The number of piperidine rings is 1. The zero-order valence-electron chi connectivity index (χ0n) is 15.6. The average molecular weight is 353 g/mol.